The molecule has 0 aromatic rings. The van der Waals surface area contributed by atoms with Crippen LogP contribution in [0.4, 0.5) is 0 Å². The van der Waals surface area contributed by atoms with Crippen molar-refractivity contribution in [1.82, 2.24) is 0 Å². The Bertz CT molecular complexity index is 316. The maximum absolute atomic E-state index is 11.1. The molecule has 0 amide bonds. The molecule has 1 rings (SSSR count). The third-order valence-corrected chi connectivity index (χ3v) is 3.96. The second kappa shape index (κ2) is 8.25. The number of esters is 1. The van der Waals surface area contributed by atoms with E-state index in [9.17, 15) is 9.59 Å². The van der Waals surface area contributed by atoms with Crippen LogP contribution in [0.2, 0.25) is 0 Å². The van der Waals surface area contributed by atoms with E-state index in [1.165, 1.54) is 6.92 Å². The lowest BCUT2D eigenvalue weighted by Crippen LogP contribution is -2.37. The molecule has 0 aliphatic heterocycles. The van der Waals surface area contributed by atoms with Gasteiger partial charge in [0, 0.05) is 13.5 Å². The van der Waals surface area contributed by atoms with Crippen LogP contribution in [0, 0.1) is 17.8 Å². The van der Waals surface area contributed by atoms with Gasteiger partial charge in [-0.2, -0.15) is 0 Å². The lowest BCUT2D eigenvalue weighted by atomic mass is 9.73. The highest BCUT2D eigenvalue weighted by atomic mass is 16.5. The Morgan fingerprint density at radius 1 is 1.20 bits per heavy atom. The number of carbonyl (C=O) groups is 2. The first kappa shape index (κ1) is 17.0. The summed E-state index contributed by atoms with van der Waals surface area (Å²) in [6.45, 7) is 6.02. The number of aliphatic carboxylic acids is 1. The van der Waals surface area contributed by atoms with Crippen LogP contribution in [0.1, 0.15) is 46.5 Å². The van der Waals surface area contributed by atoms with Crippen molar-refractivity contribution in [2.45, 2.75) is 52.6 Å². The van der Waals surface area contributed by atoms with E-state index in [1.54, 1.807) is 0 Å². The fraction of sp³-hybridized carbons (Fsp3) is 0.867. The Morgan fingerprint density at radius 2 is 1.80 bits per heavy atom. The van der Waals surface area contributed by atoms with Crippen LogP contribution in [-0.2, 0) is 19.1 Å². The van der Waals surface area contributed by atoms with E-state index in [0.717, 1.165) is 25.7 Å². The summed E-state index contributed by atoms with van der Waals surface area (Å²) < 4.78 is 10.4. The van der Waals surface area contributed by atoms with Crippen molar-refractivity contribution in [3.05, 3.63) is 0 Å². The van der Waals surface area contributed by atoms with Crippen LogP contribution >= 0.6 is 0 Å². The van der Waals surface area contributed by atoms with Crippen molar-refractivity contribution in [3.63, 3.8) is 0 Å². The summed E-state index contributed by atoms with van der Waals surface area (Å²) in [4.78, 5) is 21.4. The molecular weight excluding hydrogens is 260 g/mol. The zero-order valence-electron chi connectivity index (χ0n) is 12.6. The van der Waals surface area contributed by atoms with Gasteiger partial charge in [-0.1, -0.05) is 13.8 Å². The molecular formula is C15H26O5. The average Bonchev–Trinajstić information content (AvgIpc) is 2.33. The quantitative estimate of drug-likeness (QED) is 0.575. The minimum Gasteiger partial charge on any atom is -0.480 e. The first-order valence-corrected chi connectivity index (χ1v) is 7.37. The van der Waals surface area contributed by atoms with Crippen LogP contribution in [0.15, 0.2) is 0 Å². The Balaban J connectivity index is 2.26. The summed E-state index contributed by atoms with van der Waals surface area (Å²) in [6.07, 6.45) is 4.08. The molecule has 0 heterocycles. The van der Waals surface area contributed by atoms with Crippen molar-refractivity contribution >= 4 is 11.9 Å². The SMILES string of the molecule is CC(=O)OC1C(C)CC(CCCOCC(=O)O)CC1C. The number of carbonyl (C=O) groups excluding carboxylic acids is 1. The fourth-order valence-corrected chi connectivity index (χ4v) is 3.27. The van der Waals surface area contributed by atoms with E-state index < -0.39 is 5.97 Å². The van der Waals surface area contributed by atoms with Gasteiger partial charge in [-0.25, -0.2) is 4.79 Å². The predicted octanol–water partition coefficient (Wildman–Crippen LogP) is 2.48. The lowest BCUT2D eigenvalue weighted by molar-refractivity contribution is -0.155. The number of hydrogen-bond donors (Lipinski definition) is 1. The van der Waals surface area contributed by atoms with E-state index in [4.69, 9.17) is 14.6 Å². The molecule has 116 valence electrons. The minimum atomic E-state index is -0.922. The summed E-state index contributed by atoms with van der Waals surface area (Å²) >= 11 is 0. The summed E-state index contributed by atoms with van der Waals surface area (Å²) in [5.74, 6) is 0.253. The van der Waals surface area contributed by atoms with E-state index in [2.05, 4.69) is 13.8 Å². The van der Waals surface area contributed by atoms with Crippen LogP contribution in [0.25, 0.3) is 0 Å². The molecule has 0 bridgehead atoms. The highest BCUT2D eigenvalue weighted by Gasteiger charge is 2.34. The maximum Gasteiger partial charge on any atom is 0.329 e. The topological polar surface area (TPSA) is 72.8 Å². The third kappa shape index (κ3) is 5.90. The zero-order chi connectivity index (χ0) is 15.1. The monoisotopic (exact) mass is 286 g/mol. The van der Waals surface area contributed by atoms with Crippen LogP contribution < -0.4 is 0 Å². The largest absolute Gasteiger partial charge is 0.480 e. The highest BCUT2D eigenvalue weighted by Crippen LogP contribution is 2.37. The number of carboxylic acid groups (broad SMARTS) is 1. The predicted molar refractivity (Wildman–Crippen MR) is 74.3 cm³/mol. The Labute approximate surface area is 120 Å². The van der Waals surface area contributed by atoms with Gasteiger partial charge in [-0.3, -0.25) is 4.79 Å². The fourth-order valence-electron chi connectivity index (χ4n) is 3.27. The van der Waals surface area contributed by atoms with E-state index in [1.807, 2.05) is 0 Å². The molecule has 0 aromatic heterocycles. The summed E-state index contributed by atoms with van der Waals surface area (Å²) in [7, 11) is 0. The van der Waals surface area contributed by atoms with Crippen molar-refractivity contribution in [1.29, 1.82) is 0 Å². The molecule has 0 aromatic carbocycles. The Morgan fingerprint density at radius 3 is 2.30 bits per heavy atom. The summed E-state index contributed by atoms with van der Waals surface area (Å²) in [5.41, 5.74) is 0. The Kier molecular flexibility index (Phi) is 6.99. The van der Waals surface area contributed by atoms with Crippen LogP contribution in [0.3, 0.4) is 0 Å². The van der Waals surface area contributed by atoms with Gasteiger partial charge in [0.1, 0.15) is 12.7 Å². The number of ether oxygens (including phenoxy) is 2. The standard InChI is InChI=1S/C15H26O5/c1-10-7-13(5-4-6-19-9-14(17)18)8-11(2)15(10)20-12(3)16/h10-11,13,15H,4-9H2,1-3H3,(H,17,18). The van der Waals surface area contributed by atoms with Gasteiger partial charge in [-0.15, -0.1) is 0 Å². The normalized spacial score (nSPS) is 29.9. The number of hydrogen-bond acceptors (Lipinski definition) is 4. The second-order valence-corrected chi connectivity index (χ2v) is 5.95. The van der Waals surface area contributed by atoms with Gasteiger partial charge >= 0.3 is 11.9 Å². The molecule has 5 nitrogen and oxygen atoms in total. The summed E-state index contributed by atoms with van der Waals surface area (Å²) in [5, 5.41) is 8.47. The van der Waals surface area contributed by atoms with Crippen LogP contribution in [0.5, 0.6) is 0 Å². The van der Waals surface area contributed by atoms with Crippen molar-refractivity contribution in [2.75, 3.05) is 13.2 Å². The number of carboxylic acids is 1. The molecule has 0 spiro atoms. The van der Waals surface area contributed by atoms with Crippen molar-refractivity contribution in [2.24, 2.45) is 17.8 Å². The molecule has 1 saturated carbocycles. The molecule has 20 heavy (non-hydrogen) atoms. The molecule has 1 aliphatic carbocycles. The van der Waals surface area contributed by atoms with Gasteiger partial charge in [0.15, 0.2) is 0 Å². The van der Waals surface area contributed by atoms with Crippen molar-refractivity contribution in [3.8, 4) is 0 Å². The number of rotatable bonds is 7. The summed E-state index contributed by atoms with van der Waals surface area (Å²) in [6, 6.07) is 0. The van der Waals surface area contributed by atoms with Gasteiger partial charge in [-0.05, 0) is 43.4 Å². The molecule has 0 saturated heterocycles. The molecule has 0 radical (unpaired) electrons. The van der Waals surface area contributed by atoms with E-state index in [0.29, 0.717) is 24.4 Å². The molecule has 5 heteroatoms. The average molecular weight is 286 g/mol. The van der Waals surface area contributed by atoms with Gasteiger partial charge in [0.05, 0.1) is 0 Å². The highest BCUT2D eigenvalue weighted by molar-refractivity contribution is 5.68. The molecule has 1 aliphatic rings. The van der Waals surface area contributed by atoms with Gasteiger partial charge < -0.3 is 14.6 Å². The zero-order valence-corrected chi connectivity index (χ0v) is 12.6. The molecule has 2 atom stereocenters. The smallest absolute Gasteiger partial charge is 0.329 e. The minimum absolute atomic E-state index is 0.0343. The van der Waals surface area contributed by atoms with Crippen LogP contribution in [-0.4, -0.2) is 36.4 Å². The third-order valence-electron chi connectivity index (χ3n) is 3.96. The van der Waals surface area contributed by atoms with E-state index in [-0.39, 0.29) is 18.7 Å². The second-order valence-electron chi connectivity index (χ2n) is 5.95. The van der Waals surface area contributed by atoms with E-state index >= 15 is 0 Å². The Hall–Kier alpha value is -1.10. The first-order chi connectivity index (χ1) is 9.40. The first-order valence-electron chi connectivity index (χ1n) is 7.37. The van der Waals surface area contributed by atoms with Crippen molar-refractivity contribution < 1.29 is 24.2 Å². The van der Waals surface area contributed by atoms with Gasteiger partial charge in [0.25, 0.3) is 0 Å². The maximum atomic E-state index is 11.1. The molecule has 1 N–H and O–H groups in total. The lowest BCUT2D eigenvalue weighted by Gasteiger charge is -2.38. The molecule has 2 unspecified atom stereocenters. The van der Waals surface area contributed by atoms with Gasteiger partial charge in [0.2, 0.25) is 0 Å². The molecule has 1 fully saturated rings.